The quantitative estimate of drug-likeness (QED) is 0.412. The van der Waals surface area contributed by atoms with Gasteiger partial charge in [0.15, 0.2) is 0 Å². The number of amides is 1. The van der Waals surface area contributed by atoms with Crippen LogP contribution in [0, 0.1) is 11.7 Å². The van der Waals surface area contributed by atoms with Crippen molar-refractivity contribution in [3.63, 3.8) is 0 Å². The predicted molar refractivity (Wildman–Crippen MR) is 120 cm³/mol. The number of ether oxygens (including phenoxy) is 1. The Labute approximate surface area is 189 Å². The number of aromatic nitrogens is 3. The Morgan fingerprint density at radius 3 is 2.48 bits per heavy atom. The summed E-state index contributed by atoms with van der Waals surface area (Å²) in [6.45, 7) is 0. The molecule has 2 atom stereocenters. The largest absolute Gasteiger partial charge is 0.497 e. The molecule has 1 fully saturated rings. The monoisotopic (exact) mass is 444 g/mol. The van der Waals surface area contributed by atoms with Gasteiger partial charge in [-0.1, -0.05) is 29.5 Å². The van der Waals surface area contributed by atoms with Crippen molar-refractivity contribution < 1.29 is 18.7 Å². The number of nitrogens with zero attached hydrogens (tertiary/aromatic N) is 4. The molecule has 1 aliphatic rings. The zero-order valence-corrected chi connectivity index (χ0v) is 17.9. The van der Waals surface area contributed by atoms with E-state index in [0.29, 0.717) is 28.9 Å². The van der Waals surface area contributed by atoms with Gasteiger partial charge in [-0.25, -0.2) is 4.39 Å². The van der Waals surface area contributed by atoms with E-state index in [4.69, 9.17) is 4.74 Å². The third-order valence-electron chi connectivity index (χ3n) is 6.03. The molecule has 7 nitrogen and oxygen atoms in total. The standard InChI is InChI=1S/C25H21FN4O3/c1-33-19-12-6-16(7-13-19)24-20(25(32)29(24)18-10-8-17(26)9-11-18)14-15-23(31)30-22-5-3-2-4-21(22)27-28-30/h2-13,20,24H,14-15H2,1H3/t20-,24-/m1/s1. The topological polar surface area (TPSA) is 77.3 Å². The van der Waals surface area contributed by atoms with Crippen molar-refractivity contribution >= 4 is 28.5 Å². The maximum absolute atomic E-state index is 13.4. The summed E-state index contributed by atoms with van der Waals surface area (Å²) in [7, 11) is 1.59. The van der Waals surface area contributed by atoms with Gasteiger partial charge in [0.2, 0.25) is 11.8 Å². The number of carbonyl (C=O) groups excluding carboxylic acids is 2. The normalized spacial score (nSPS) is 17.8. The Morgan fingerprint density at radius 1 is 1.03 bits per heavy atom. The van der Waals surface area contributed by atoms with Crippen LogP contribution in [0.15, 0.2) is 72.8 Å². The Kier molecular flexibility index (Phi) is 5.34. The van der Waals surface area contributed by atoms with Crippen LogP contribution in [0.4, 0.5) is 10.1 Å². The Balaban J connectivity index is 1.39. The third kappa shape index (κ3) is 3.73. The molecule has 5 rings (SSSR count). The van der Waals surface area contributed by atoms with Crippen molar-refractivity contribution in [3.8, 4) is 5.75 Å². The van der Waals surface area contributed by atoms with E-state index in [1.807, 2.05) is 36.4 Å². The van der Waals surface area contributed by atoms with Crippen LogP contribution in [0.25, 0.3) is 11.0 Å². The van der Waals surface area contributed by atoms with Gasteiger partial charge in [0.25, 0.3) is 0 Å². The lowest BCUT2D eigenvalue weighted by molar-refractivity contribution is -0.130. The predicted octanol–water partition coefficient (Wildman–Crippen LogP) is 4.40. The van der Waals surface area contributed by atoms with Gasteiger partial charge in [0.1, 0.15) is 17.1 Å². The average molecular weight is 444 g/mol. The summed E-state index contributed by atoms with van der Waals surface area (Å²) in [5.41, 5.74) is 2.82. The third-order valence-corrected chi connectivity index (χ3v) is 6.03. The molecule has 33 heavy (non-hydrogen) atoms. The average Bonchev–Trinajstić information content (AvgIpc) is 3.28. The first-order chi connectivity index (χ1) is 16.1. The SMILES string of the molecule is COc1ccc([C@@H]2[C@@H](CCC(=O)n3nnc4ccccc43)C(=O)N2c2ccc(F)cc2)cc1. The van der Waals surface area contributed by atoms with Crippen LogP contribution < -0.4 is 9.64 Å². The van der Waals surface area contributed by atoms with E-state index < -0.39 is 0 Å². The van der Waals surface area contributed by atoms with Crippen molar-refractivity contribution in [1.29, 1.82) is 0 Å². The van der Waals surface area contributed by atoms with Gasteiger partial charge in [-0.05, 0) is 60.5 Å². The molecule has 4 aromatic rings. The second kappa shape index (κ2) is 8.46. The molecular weight excluding hydrogens is 423 g/mol. The molecule has 1 aromatic heterocycles. The van der Waals surface area contributed by atoms with Gasteiger partial charge < -0.3 is 9.64 Å². The van der Waals surface area contributed by atoms with E-state index in [-0.39, 0.29) is 36.0 Å². The fraction of sp³-hybridized carbons (Fsp3) is 0.200. The highest BCUT2D eigenvalue weighted by atomic mass is 19.1. The lowest BCUT2D eigenvalue weighted by Crippen LogP contribution is -2.55. The smallest absolute Gasteiger partial charge is 0.248 e. The summed E-state index contributed by atoms with van der Waals surface area (Å²) in [6.07, 6.45) is 0.508. The lowest BCUT2D eigenvalue weighted by atomic mass is 9.79. The molecule has 1 amide bonds. The van der Waals surface area contributed by atoms with E-state index in [2.05, 4.69) is 10.3 Å². The van der Waals surface area contributed by atoms with Gasteiger partial charge in [0, 0.05) is 12.1 Å². The van der Waals surface area contributed by atoms with Crippen molar-refractivity contribution in [1.82, 2.24) is 15.0 Å². The van der Waals surface area contributed by atoms with Crippen molar-refractivity contribution in [2.45, 2.75) is 18.9 Å². The van der Waals surface area contributed by atoms with E-state index in [0.717, 1.165) is 5.56 Å². The highest BCUT2D eigenvalue weighted by Gasteiger charge is 2.48. The maximum Gasteiger partial charge on any atom is 0.248 e. The number of hydrogen-bond acceptors (Lipinski definition) is 5. The van der Waals surface area contributed by atoms with Crippen molar-refractivity contribution in [2.75, 3.05) is 12.0 Å². The Hall–Kier alpha value is -4.07. The number of benzene rings is 3. The van der Waals surface area contributed by atoms with Gasteiger partial charge in [-0.15, -0.1) is 5.10 Å². The fourth-order valence-corrected chi connectivity index (χ4v) is 4.34. The molecule has 0 bridgehead atoms. The number of halogens is 1. The van der Waals surface area contributed by atoms with E-state index in [9.17, 15) is 14.0 Å². The Bertz CT molecular complexity index is 1320. The van der Waals surface area contributed by atoms with Crippen molar-refractivity contribution in [2.24, 2.45) is 5.92 Å². The first-order valence-electron chi connectivity index (χ1n) is 10.6. The first kappa shape index (κ1) is 20.8. The van der Waals surface area contributed by atoms with Crippen molar-refractivity contribution in [3.05, 3.63) is 84.2 Å². The molecule has 0 unspecified atom stereocenters. The number of anilines is 1. The van der Waals surface area contributed by atoms with E-state index in [1.165, 1.54) is 16.8 Å². The second-order valence-corrected chi connectivity index (χ2v) is 7.93. The van der Waals surface area contributed by atoms with Gasteiger partial charge >= 0.3 is 0 Å². The molecule has 2 heterocycles. The lowest BCUT2D eigenvalue weighted by Gasteiger charge is -2.47. The number of para-hydroxylation sites is 1. The molecule has 0 N–H and O–H groups in total. The maximum atomic E-state index is 13.4. The van der Waals surface area contributed by atoms with Crippen LogP contribution in [0.5, 0.6) is 5.75 Å². The summed E-state index contributed by atoms with van der Waals surface area (Å²) in [6, 6.07) is 20.3. The number of carbonyl (C=O) groups is 2. The second-order valence-electron chi connectivity index (χ2n) is 7.93. The zero-order chi connectivity index (χ0) is 22.9. The van der Waals surface area contributed by atoms with Gasteiger partial charge in [0.05, 0.1) is 24.6 Å². The van der Waals surface area contributed by atoms with Crippen LogP contribution in [-0.4, -0.2) is 33.9 Å². The fourth-order valence-electron chi connectivity index (χ4n) is 4.34. The van der Waals surface area contributed by atoms with Crippen LogP contribution in [-0.2, 0) is 4.79 Å². The van der Waals surface area contributed by atoms with Crippen LogP contribution in [0.2, 0.25) is 0 Å². The summed E-state index contributed by atoms with van der Waals surface area (Å²) >= 11 is 0. The molecule has 0 spiro atoms. The molecule has 3 aromatic carbocycles. The van der Waals surface area contributed by atoms with Gasteiger partial charge in [-0.3, -0.25) is 9.59 Å². The van der Waals surface area contributed by atoms with Crippen LogP contribution in [0.3, 0.4) is 0 Å². The highest BCUT2D eigenvalue weighted by molar-refractivity contribution is 6.03. The van der Waals surface area contributed by atoms with Gasteiger partial charge in [-0.2, -0.15) is 4.68 Å². The summed E-state index contributed by atoms with van der Waals surface area (Å²) < 4.78 is 20.0. The van der Waals surface area contributed by atoms with E-state index >= 15 is 0 Å². The number of β-lactam (4-membered cyclic amide) rings is 1. The molecule has 1 saturated heterocycles. The summed E-state index contributed by atoms with van der Waals surface area (Å²) in [5, 5.41) is 8.00. The molecule has 166 valence electrons. The highest BCUT2D eigenvalue weighted by Crippen LogP contribution is 2.45. The molecule has 0 radical (unpaired) electrons. The number of rotatable bonds is 6. The number of fused-ring (bicyclic) bond motifs is 1. The zero-order valence-electron chi connectivity index (χ0n) is 17.9. The van der Waals surface area contributed by atoms with E-state index in [1.54, 1.807) is 36.3 Å². The minimum atomic E-state index is -0.387. The van der Waals surface area contributed by atoms with Crippen LogP contribution in [0.1, 0.15) is 29.2 Å². The molecule has 8 heteroatoms. The number of hydrogen-bond donors (Lipinski definition) is 0. The molecule has 0 aliphatic carbocycles. The van der Waals surface area contributed by atoms with Crippen LogP contribution >= 0.6 is 0 Å². The Morgan fingerprint density at radius 2 is 1.76 bits per heavy atom. The minimum Gasteiger partial charge on any atom is -0.497 e. The minimum absolute atomic E-state index is 0.0984. The summed E-state index contributed by atoms with van der Waals surface area (Å²) in [5.74, 6) is -0.358. The molecular formula is C25H21FN4O3. The molecule has 1 aliphatic heterocycles. The summed E-state index contributed by atoms with van der Waals surface area (Å²) in [4.78, 5) is 27.6. The molecule has 0 saturated carbocycles. The first-order valence-corrected chi connectivity index (χ1v) is 10.6. The number of methoxy groups -OCH3 is 1.